The number of halogens is 1. The number of aromatic nitrogens is 5. The number of aromatic hydroxyl groups is 1. The summed E-state index contributed by atoms with van der Waals surface area (Å²) >= 11 is 5.92. The number of nitrogens with two attached hydrogens (primary N) is 1. The van der Waals surface area contributed by atoms with Crippen LogP contribution in [-0.4, -0.2) is 60.5 Å². The highest BCUT2D eigenvalue weighted by atomic mass is 35.5. The van der Waals surface area contributed by atoms with Crippen LogP contribution in [0.5, 0.6) is 5.75 Å². The molecule has 3 aromatic rings. The van der Waals surface area contributed by atoms with Gasteiger partial charge in [0.2, 0.25) is 11.6 Å². The summed E-state index contributed by atoms with van der Waals surface area (Å²) in [5.74, 6) is -0.597. The number of phenolic OH excluding ortho intramolecular Hbond substituents is 1. The summed E-state index contributed by atoms with van der Waals surface area (Å²) in [5.41, 5.74) is 9.05. The van der Waals surface area contributed by atoms with Crippen LogP contribution in [0, 0.1) is 0 Å². The van der Waals surface area contributed by atoms with Gasteiger partial charge in [0.25, 0.3) is 5.91 Å². The average molecular weight is 432 g/mol. The van der Waals surface area contributed by atoms with Crippen molar-refractivity contribution in [2.75, 3.05) is 18.8 Å². The number of hydrazone groups is 1. The Kier molecular flexibility index (Phi) is 5.59. The third-order valence-electron chi connectivity index (χ3n) is 4.58. The number of carbonyl (C=O) groups excluding carboxylic acids is 1. The highest BCUT2D eigenvalue weighted by Gasteiger charge is 2.26. The highest BCUT2D eigenvalue weighted by molar-refractivity contribution is 6.30. The molecule has 1 aromatic carbocycles. The van der Waals surface area contributed by atoms with Crippen molar-refractivity contribution in [3.8, 4) is 11.6 Å². The van der Waals surface area contributed by atoms with Gasteiger partial charge in [0.15, 0.2) is 5.69 Å². The lowest BCUT2D eigenvalue weighted by Gasteiger charge is -2.13. The molecule has 1 saturated heterocycles. The van der Waals surface area contributed by atoms with Crippen LogP contribution in [0.15, 0.2) is 27.9 Å². The SMILES string of the molecule is Nc1nonc1-n1nnc(CN2CCCC2)c1C(=O)NN=Cc1cc(Cl)ccc1O. The quantitative estimate of drug-likeness (QED) is 0.381. The third kappa shape index (κ3) is 4.09. The minimum absolute atomic E-state index is 0.0275. The molecule has 0 spiro atoms. The lowest BCUT2D eigenvalue weighted by molar-refractivity contribution is 0.0945. The second-order valence-electron chi connectivity index (χ2n) is 6.66. The molecule has 1 fully saturated rings. The van der Waals surface area contributed by atoms with Gasteiger partial charge in [-0.15, -0.1) is 5.10 Å². The molecular formula is C17H18ClN9O3. The topological polar surface area (TPSA) is 161 Å². The first-order valence-electron chi connectivity index (χ1n) is 9.10. The number of carbonyl (C=O) groups is 1. The van der Waals surface area contributed by atoms with Crippen molar-refractivity contribution >= 4 is 29.5 Å². The van der Waals surface area contributed by atoms with Gasteiger partial charge in [0.1, 0.15) is 11.4 Å². The van der Waals surface area contributed by atoms with Gasteiger partial charge < -0.3 is 10.8 Å². The van der Waals surface area contributed by atoms with E-state index in [1.54, 1.807) is 0 Å². The van der Waals surface area contributed by atoms with Crippen LogP contribution in [-0.2, 0) is 6.54 Å². The molecule has 2 aromatic heterocycles. The molecule has 1 aliphatic rings. The summed E-state index contributed by atoms with van der Waals surface area (Å²) in [6.07, 6.45) is 3.45. The van der Waals surface area contributed by atoms with Gasteiger partial charge in [-0.25, -0.2) is 10.1 Å². The van der Waals surface area contributed by atoms with Gasteiger partial charge in [-0.3, -0.25) is 9.69 Å². The van der Waals surface area contributed by atoms with E-state index in [9.17, 15) is 9.90 Å². The van der Waals surface area contributed by atoms with Gasteiger partial charge in [0, 0.05) is 17.1 Å². The molecular weight excluding hydrogens is 414 g/mol. The molecule has 13 heteroatoms. The molecule has 0 bridgehead atoms. The second kappa shape index (κ2) is 8.47. The normalized spacial score (nSPS) is 14.6. The maximum atomic E-state index is 12.9. The van der Waals surface area contributed by atoms with Crippen LogP contribution in [0.3, 0.4) is 0 Å². The number of hydrogen-bond donors (Lipinski definition) is 3. The molecule has 3 heterocycles. The smallest absolute Gasteiger partial charge is 0.292 e. The number of nitrogens with zero attached hydrogens (tertiary/aromatic N) is 7. The van der Waals surface area contributed by atoms with Crippen LogP contribution in [0.2, 0.25) is 5.02 Å². The van der Waals surface area contributed by atoms with Crippen molar-refractivity contribution in [2.24, 2.45) is 5.10 Å². The Hall–Kier alpha value is -3.51. The van der Waals surface area contributed by atoms with E-state index >= 15 is 0 Å². The van der Waals surface area contributed by atoms with Gasteiger partial charge in [-0.2, -0.15) is 9.78 Å². The maximum absolute atomic E-state index is 12.9. The Bertz CT molecular complexity index is 1090. The predicted octanol–water partition coefficient (Wildman–Crippen LogP) is 0.951. The standard InChI is InChI=1S/C17H18ClN9O3/c18-11-3-4-13(28)10(7-11)8-20-22-17(29)14-12(9-26-5-1-2-6-26)21-25-27(14)16-15(19)23-30-24-16/h3-4,7-8,28H,1-2,5-6,9H2,(H2,19,23)(H,22,29). The highest BCUT2D eigenvalue weighted by Crippen LogP contribution is 2.20. The molecule has 1 aliphatic heterocycles. The molecule has 0 radical (unpaired) electrons. The molecule has 156 valence electrons. The molecule has 0 unspecified atom stereocenters. The average Bonchev–Trinajstić information content (AvgIpc) is 3.46. The zero-order chi connectivity index (χ0) is 21.1. The molecule has 0 atom stereocenters. The first kappa shape index (κ1) is 19.8. The van der Waals surface area contributed by atoms with Crippen molar-refractivity contribution in [3.05, 3.63) is 40.2 Å². The van der Waals surface area contributed by atoms with Gasteiger partial charge in [-0.1, -0.05) is 16.8 Å². The number of anilines is 1. The van der Waals surface area contributed by atoms with Crippen LogP contribution in [0.25, 0.3) is 5.82 Å². The molecule has 0 saturated carbocycles. The van der Waals surface area contributed by atoms with Crippen molar-refractivity contribution < 1.29 is 14.5 Å². The molecule has 0 aliphatic carbocycles. The summed E-state index contributed by atoms with van der Waals surface area (Å²) in [5, 5.41) is 29.5. The summed E-state index contributed by atoms with van der Waals surface area (Å²) in [6.45, 7) is 2.26. The summed E-state index contributed by atoms with van der Waals surface area (Å²) in [7, 11) is 0. The minimum atomic E-state index is -0.589. The van der Waals surface area contributed by atoms with E-state index in [1.807, 2.05) is 0 Å². The number of amides is 1. The summed E-state index contributed by atoms with van der Waals surface area (Å²) in [4.78, 5) is 15.1. The van der Waals surface area contributed by atoms with Crippen LogP contribution in [0.1, 0.15) is 34.6 Å². The van der Waals surface area contributed by atoms with E-state index in [1.165, 1.54) is 29.1 Å². The van der Waals surface area contributed by atoms with Crippen molar-refractivity contribution in [2.45, 2.75) is 19.4 Å². The monoisotopic (exact) mass is 431 g/mol. The number of likely N-dealkylation sites (tertiary alicyclic amines) is 1. The van der Waals surface area contributed by atoms with E-state index in [0.29, 0.717) is 22.8 Å². The molecule has 1 amide bonds. The molecule has 12 nitrogen and oxygen atoms in total. The van der Waals surface area contributed by atoms with E-state index in [2.05, 4.69) is 40.7 Å². The fourth-order valence-electron chi connectivity index (χ4n) is 3.13. The van der Waals surface area contributed by atoms with E-state index < -0.39 is 5.91 Å². The fraction of sp³-hybridized carbons (Fsp3) is 0.294. The number of phenols is 1. The van der Waals surface area contributed by atoms with Crippen LogP contribution in [0.4, 0.5) is 5.82 Å². The summed E-state index contributed by atoms with van der Waals surface area (Å²) < 4.78 is 5.78. The lowest BCUT2D eigenvalue weighted by atomic mass is 10.2. The third-order valence-corrected chi connectivity index (χ3v) is 4.82. The maximum Gasteiger partial charge on any atom is 0.292 e. The van der Waals surface area contributed by atoms with Gasteiger partial charge >= 0.3 is 0 Å². The lowest BCUT2D eigenvalue weighted by Crippen LogP contribution is -2.26. The zero-order valence-corrected chi connectivity index (χ0v) is 16.5. The Labute approximate surface area is 175 Å². The molecule has 4 rings (SSSR count). The Morgan fingerprint density at radius 1 is 1.37 bits per heavy atom. The van der Waals surface area contributed by atoms with Gasteiger partial charge in [-0.05, 0) is 54.4 Å². The number of nitrogen functional groups attached to an aromatic ring is 1. The predicted molar refractivity (Wildman–Crippen MR) is 106 cm³/mol. The molecule has 30 heavy (non-hydrogen) atoms. The number of rotatable bonds is 6. The van der Waals surface area contributed by atoms with E-state index in [4.69, 9.17) is 17.3 Å². The van der Waals surface area contributed by atoms with Gasteiger partial charge in [0.05, 0.1) is 6.21 Å². The fourth-order valence-corrected chi connectivity index (χ4v) is 3.31. The zero-order valence-electron chi connectivity index (χ0n) is 15.7. The second-order valence-corrected chi connectivity index (χ2v) is 7.09. The van der Waals surface area contributed by atoms with Crippen molar-refractivity contribution in [3.63, 3.8) is 0 Å². The largest absolute Gasteiger partial charge is 0.507 e. The minimum Gasteiger partial charge on any atom is -0.507 e. The van der Waals surface area contributed by atoms with Crippen molar-refractivity contribution in [1.29, 1.82) is 0 Å². The summed E-state index contributed by atoms with van der Waals surface area (Å²) in [6, 6.07) is 4.48. The van der Waals surface area contributed by atoms with E-state index in [-0.39, 0.29) is 23.1 Å². The van der Waals surface area contributed by atoms with E-state index in [0.717, 1.165) is 25.9 Å². The van der Waals surface area contributed by atoms with Crippen molar-refractivity contribution in [1.82, 2.24) is 35.6 Å². The Balaban J connectivity index is 1.60. The Morgan fingerprint density at radius 2 is 2.17 bits per heavy atom. The first-order chi connectivity index (χ1) is 14.5. The molecule has 4 N–H and O–H groups in total. The van der Waals surface area contributed by atoms with Crippen LogP contribution < -0.4 is 11.2 Å². The first-order valence-corrected chi connectivity index (χ1v) is 9.48. The Morgan fingerprint density at radius 3 is 2.90 bits per heavy atom. The number of nitrogens with one attached hydrogen (secondary N) is 1. The number of hydrogen-bond acceptors (Lipinski definition) is 10. The number of benzene rings is 1. The van der Waals surface area contributed by atoms with Crippen LogP contribution >= 0.6 is 11.6 Å².